The van der Waals surface area contributed by atoms with Crippen molar-refractivity contribution in [3.05, 3.63) is 65.1 Å². The first-order chi connectivity index (χ1) is 12.5. The maximum Gasteiger partial charge on any atom is 0.263 e. The maximum atomic E-state index is 12.8. The second-order valence-electron chi connectivity index (χ2n) is 5.68. The highest BCUT2D eigenvalue weighted by Gasteiger charge is 2.20. The van der Waals surface area contributed by atoms with Gasteiger partial charge in [0, 0.05) is 21.3 Å². The lowest BCUT2D eigenvalue weighted by Gasteiger charge is -2.13. The number of sulfonamides is 1. The number of benzene rings is 3. The van der Waals surface area contributed by atoms with Gasteiger partial charge >= 0.3 is 0 Å². The van der Waals surface area contributed by atoms with E-state index in [0.29, 0.717) is 21.5 Å². The Labute approximate surface area is 158 Å². The maximum absolute atomic E-state index is 12.8. The van der Waals surface area contributed by atoms with Crippen molar-refractivity contribution in [3.63, 3.8) is 0 Å². The zero-order valence-electron chi connectivity index (χ0n) is 13.7. The monoisotopic (exact) mass is 431 g/mol. The molecule has 1 N–H and O–H groups in total. The molecule has 4 aromatic rings. The molecule has 4 rings (SSSR count). The summed E-state index contributed by atoms with van der Waals surface area (Å²) in [6.45, 7) is 0. The normalized spacial score (nSPS) is 11.8. The van der Waals surface area contributed by atoms with Crippen LogP contribution in [0.5, 0.6) is 5.75 Å². The molecule has 0 atom stereocenters. The van der Waals surface area contributed by atoms with E-state index in [-0.39, 0.29) is 4.90 Å². The Bertz CT molecular complexity index is 1230. The van der Waals surface area contributed by atoms with Gasteiger partial charge in [-0.15, -0.1) is 0 Å². The first-order valence-corrected chi connectivity index (χ1v) is 10.0. The molecule has 132 valence electrons. The highest BCUT2D eigenvalue weighted by atomic mass is 79.9. The van der Waals surface area contributed by atoms with E-state index in [1.165, 1.54) is 13.2 Å². The minimum atomic E-state index is -3.79. The zero-order valence-corrected chi connectivity index (χ0v) is 16.1. The molecule has 0 unspecified atom stereocenters. The van der Waals surface area contributed by atoms with E-state index in [1.807, 2.05) is 24.3 Å². The number of halogens is 1. The predicted molar refractivity (Wildman–Crippen MR) is 105 cm³/mol. The summed E-state index contributed by atoms with van der Waals surface area (Å²) in [4.78, 5) is 0.145. The van der Waals surface area contributed by atoms with Gasteiger partial charge in [0.25, 0.3) is 10.0 Å². The third-order valence-corrected chi connectivity index (χ3v) is 6.45. The predicted octanol–water partition coefficient (Wildman–Crippen LogP) is 5.16. The molecular formula is C19H14BrNO4S. The van der Waals surface area contributed by atoms with E-state index < -0.39 is 10.0 Å². The van der Waals surface area contributed by atoms with Crippen molar-refractivity contribution in [2.24, 2.45) is 0 Å². The van der Waals surface area contributed by atoms with Gasteiger partial charge in [0.15, 0.2) is 0 Å². The van der Waals surface area contributed by atoms with Crippen LogP contribution in [0, 0.1) is 0 Å². The second kappa shape index (κ2) is 6.34. The molecular weight excluding hydrogens is 418 g/mol. The Balaban J connectivity index is 1.86. The average molecular weight is 432 g/mol. The molecule has 26 heavy (non-hydrogen) atoms. The number of nitrogens with one attached hydrogen (secondary N) is 1. The van der Waals surface area contributed by atoms with Gasteiger partial charge in [-0.3, -0.25) is 4.72 Å². The summed E-state index contributed by atoms with van der Waals surface area (Å²) in [5, 5.41) is 1.81. The fourth-order valence-electron chi connectivity index (χ4n) is 2.86. The average Bonchev–Trinajstić information content (AvgIpc) is 2.98. The molecule has 0 aliphatic rings. The number of hydrogen-bond acceptors (Lipinski definition) is 4. The van der Waals surface area contributed by atoms with Crippen LogP contribution in [0.15, 0.2) is 74.4 Å². The number of methoxy groups -OCH3 is 1. The number of fused-ring (bicyclic) bond motifs is 3. The molecule has 0 spiro atoms. The molecule has 0 saturated carbocycles. The van der Waals surface area contributed by atoms with Crippen LogP contribution >= 0.6 is 15.9 Å². The first-order valence-electron chi connectivity index (χ1n) is 7.76. The number of rotatable bonds is 4. The van der Waals surface area contributed by atoms with Gasteiger partial charge < -0.3 is 9.15 Å². The molecule has 0 aliphatic carbocycles. The van der Waals surface area contributed by atoms with Crippen molar-refractivity contribution in [3.8, 4) is 5.75 Å². The van der Waals surface area contributed by atoms with Gasteiger partial charge in [0.05, 0.1) is 12.8 Å². The van der Waals surface area contributed by atoms with Crippen molar-refractivity contribution in [1.29, 1.82) is 0 Å². The van der Waals surface area contributed by atoms with Crippen molar-refractivity contribution in [2.45, 2.75) is 4.90 Å². The summed E-state index contributed by atoms with van der Waals surface area (Å²) in [5.41, 5.74) is 1.63. The summed E-state index contributed by atoms with van der Waals surface area (Å²) in [6, 6.07) is 17.7. The third-order valence-electron chi connectivity index (χ3n) is 4.07. The number of para-hydroxylation sites is 1. The minimum absolute atomic E-state index is 0.145. The lowest BCUT2D eigenvalue weighted by Crippen LogP contribution is -2.14. The lowest BCUT2D eigenvalue weighted by molar-refractivity contribution is 0.417. The second-order valence-corrected chi connectivity index (χ2v) is 8.19. The smallest absolute Gasteiger partial charge is 0.263 e. The highest BCUT2D eigenvalue weighted by molar-refractivity contribution is 9.10. The lowest BCUT2D eigenvalue weighted by atomic mass is 10.1. The van der Waals surface area contributed by atoms with Crippen molar-refractivity contribution in [2.75, 3.05) is 11.8 Å². The van der Waals surface area contributed by atoms with Crippen LogP contribution in [0.25, 0.3) is 21.9 Å². The van der Waals surface area contributed by atoms with E-state index in [0.717, 1.165) is 16.4 Å². The number of anilines is 1. The molecule has 1 heterocycles. The SMILES string of the molecule is COc1cc2c(cc1NS(=O)(=O)c1ccccc1Br)oc1ccccc12. The van der Waals surface area contributed by atoms with Crippen LogP contribution in [0.3, 0.4) is 0 Å². The summed E-state index contributed by atoms with van der Waals surface area (Å²) >= 11 is 3.28. The molecule has 0 fully saturated rings. The molecule has 3 aromatic carbocycles. The molecule has 0 bridgehead atoms. The van der Waals surface area contributed by atoms with Crippen LogP contribution in [0.2, 0.25) is 0 Å². The van der Waals surface area contributed by atoms with Crippen molar-refractivity contribution in [1.82, 2.24) is 0 Å². The van der Waals surface area contributed by atoms with Gasteiger partial charge in [-0.05, 0) is 40.2 Å². The van der Waals surface area contributed by atoms with Gasteiger partial charge in [-0.1, -0.05) is 30.3 Å². The summed E-state index contributed by atoms with van der Waals surface area (Å²) in [7, 11) is -2.29. The topological polar surface area (TPSA) is 68.5 Å². The highest BCUT2D eigenvalue weighted by Crippen LogP contribution is 2.37. The Morgan fingerprint density at radius 2 is 1.69 bits per heavy atom. The third kappa shape index (κ3) is 2.83. The van der Waals surface area contributed by atoms with Gasteiger partial charge in [0.1, 0.15) is 21.8 Å². The summed E-state index contributed by atoms with van der Waals surface area (Å²) in [5.74, 6) is 0.416. The molecule has 0 saturated heterocycles. The van der Waals surface area contributed by atoms with E-state index >= 15 is 0 Å². The van der Waals surface area contributed by atoms with Crippen LogP contribution in [-0.2, 0) is 10.0 Å². The van der Waals surface area contributed by atoms with E-state index in [2.05, 4.69) is 20.7 Å². The van der Waals surface area contributed by atoms with Crippen molar-refractivity contribution < 1.29 is 17.6 Å². The van der Waals surface area contributed by atoms with Gasteiger partial charge in [-0.2, -0.15) is 0 Å². The van der Waals surface area contributed by atoms with Crippen molar-refractivity contribution >= 4 is 53.6 Å². The van der Waals surface area contributed by atoms with E-state index in [1.54, 1.807) is 30.3 Å². The molecule has 5 nitrogen and oxygen atoms in total. The molecule has 0 aliphatic heterocycles. The van der Waals surface area contributed by atoms with Crippen LogP contribution in [0.1, 0.15) is 0 Å². The van der Waals surface area contributed by atoms with Gasteiger partial charge in [0.2, 0.25) is 0 Å². The minimum Gasteiger partial charge on any atom is -0.495 e. The first kappa shape index (κ1) is 16.9. The van der Waals surface area contributed by atoms with E-state index in [9.17, 15) is 8.42 Å². The Hall–Kier alpha value is -2.51. The Morgan fingerprint density at radius 1 is 0.962 bits per heavy atom. The molecule has 0 amide bonds. The summed E-state index contributed by atoms with van der Waals surface area (Å²) < 4.78 is 39.9. The fraction of sp³-hybridized carbons (Fsp3) is 0.0526. The molecule has 0 radical (unpaired) electrons. The van der Waals surface area contributed by atoms with Crippen LogP contribution < -0.4 is 9.46 Å². The standard InChI is InChI=1S/C19H14BrNO4S/c1-24-18-10-13-12-6-2-4-8-16(12)25-17(13)11-15(18)21-26(22,23)19-9-5-3-7-14(19)20/h2-11,21H,1H3. The molecule has 1 aromatic heterocycles. The number of ether oxygens (including phenoxy) is 1. The van der Waals surface area contributed by atoms with Crippen LogP contribution in [-0.4, -0.2) is 15.5 Å². The number of furan rings is 1. The quantitative estimate of drug-likeness (QED) is 0.484. The molecule has 7 heteroatoms. The largest absolute Gasteiger partial charge is 0.495 e. The van der Waals surface area contributed by atoms with E-state index in [4.69, 9.17) is 9.15 Å². The zero-order chi connectivity index (χ0) is 18.3. The van der Waals surface area contributed by atoms with Gasteiger partial charge in [-0.25, -0.2) is 8.42 Å². The number of hydrogen-bond donors (Lipinski definition) is 1. The Morgan fingerprint density at radius 3 is 2.46 bits per heavy atom. The Kier molecular flexibility index (Phi) is 4.13. The van der Waals surface area contributed by atoms with Crippen LogP contribution in [0.4, 0.5) is 5.69 Å². The fourth-order valence-corrected chi connectivity index (χ4v) is 4.93. The summed E-state index contributed by atoms with van der Waals surface area (Å²) in [6.07, 6.45) is 0.